The molecule has 0 spiro atoms. The second-order valence-electron chi connectivity index (χ2n) is 4.35. The van der Waals surface area contributed by atoms with Crippen molar-refractivity contribution >= 4 is 21.6 Å². The molecule has 0 saturated heterocycles. The molecular weight excluding hydrogens is 280 g/mol. The van der Waals surface area contributed by atoms with E-state index in [4.69, 9.17) is 10.00 Å². The van der Waals surface area contributed by atoms with E-state index in [9.17, 15) is 0 Å². The van der Waals surface area contributed by atoms with Crippen LogP contribution in [-0.2, 0) is 4.74 Å². The van der Waals surface area contributed by atoms with Crippen molar-refractivity contribution in [3.05, 3.63) is 28.2 Å². The zero-order valence-corrected chi connectivity index (χ0v) is 12.0. The van der Waals surface area contributed by atoms with Gasteiger partial charge in [-0.15, -0.1) is 0 Å². The molecule has 0 unspecified atom stereocenters. The monoisotopic (exact) mass is 296 g/mol. The third-order valence-electron chi connectivity index (χ3n) is 2.34. The Morgan fingerprint density at radius 3 is 2.71 bits per heavy atom. The number of nitrogens with one attached hydrogen (secondary N) is 1. The molecule has 3 nitrogen and oxygen atoms in total. The van der Waals surface area contributed by atoms with Crippen LogP contribution in [0.4, 0.5) is 5.69 Å². The van der Waals surface area contributed by atoms with Crippen molar-refractivity contribution in [2.75, 3.05) is 18.5 Å². The molecule has 0 bridgehead atoms. The summed E-state index contributed by atoms with van der Waals surface area (Å²) in [6.45, 7) is 7.50. The molecule has 0 radical (unpaired) electrons. The van der Waals surface area contributed by atoms with E-state index in [0.29, 0.717) is 12.2 Å². The van der Waals surface area contributed by atoms with Gasteiger partial charge in [0.25, 0.3) is 0 Å². The molecule has 0 saturated carbocycles. The van der Waals surface area contributed by atoms with Crippen LogP contribution in [0.3, 0.4) is 0 Å². The van der Waals surface area contributed by atoms with Gasteiger partial charge in [-0.3, -0.25) is 0 Å². The predicted octanol–water partition coefficient (Wildman–Crippen LogP) is 3.55. The van der Waals surface area contributed by atoms with Crippen molar-refractivity contribution in [1.82, 2.24) is 0 Å². The first-order chi connectivity index (χ1) is 7.98. The van der Waals surface area contributed by atoms with Crippen LogP contribution in [0.1, 0.15) is 26.3 Å². The quantitative estimate of drug-likeness (QED) is 0.904. The Bertz CT molecular complexity index is 424. The fourth-order valence-electron chi connectivity index (χ4n) is 1.47. The Labute approximate surface area is 111 Å². The standard InChI is InChI=1S/C13H17BrN2O/c1-4-17-13(2,3)9-16-11-6-5-10(8-15)12(14)7-11/h5-7,16H,4,9H2,1-3H3. The van der Waals surface area contributed by atoms with Crippen LogP contribution in [0.15, 0.2) is 22.7 Å². The van der Waals surface area contributed by atoms with E-state index in [1.165, 1.54) is 0 Å². The average Bonchev–Trinajstić information content (AvgIpc) is 2.27. The van der Waals surface area contributed by atoms with Gasteiger partial charge >= 0.3 is 0 Å². The maximum Gasteiger partial charge on any atom is 0.100 e. The van der Waals surface area contributed by atoms with E-state index in [-0.39, 0.29) is 5.60 Å². The second kappa shape index (κ2) is 6.04. The molecule has 1 N–H and O–H groups in total. The molecule has 0 amide bonds. The maximum absolute atomic E-state index is 8.82. The molecule has 1 aromatic rings. The number of hydrogen-bond donors (Lipinski definition) is 1. The number of anilines is 1. The summed E-state index contributed by atoms with van der Waals surface area (Å²) in [6, 6.07) is 7.71. The largest absolute Gasteiger partial charge is 0.382 e. The molecule has 0 atom stereocenters. The molecule has 0 aromatic heterocycles. The minimum Gasteiger partial charge on any atom is -0.382 e. The highest BCUT2D eigenvalue weighted by atomic mass is 79.9. The van der Waals surface area contributed by atoms with Crippen molar-refractivity contribution < 1.29 is 4.74 Å². The summed E-state index contributed by atoms with van der Waals surface area (Å²) in [6.07, 6.45) is 0. The minimum absolute atomic E-state index is 0.199. The van der Waals surface area contributed by atoms with Crippen LogP contribution >= 0.6 is 15.9 Å². The van der Waals surface area contributed by atoms with Gasteiger partial charge in [-0.05, 0) is 54.9 Å². The molecular formula is C13H17BrN2O. The van der Waals surface area contributed by atoms with Gasteiger partial charge in [0.15, 0.2) is 0 Å². The summed E-state index contributed by atoms with van der Waals surface area (Å²) >= 11 is 3.36. The van der Waals surface area contributed by atoms with Gasteiger partial charge in [0, 0.05) is 23.3 Å². The summed E-state index contributed by atoms with van der Waals surface area (Å²) in [7, 11) is 0. The molecule has 0 fully saturated rings. The highest BCUT2D eigenvalue weighted by Gasteiger charge is 2.17. The highest BCUT2D eigenvalue weighted by molar-refractivity contribution is 9.10. The van der Waals surface area contributed by atoms with E-state index < -0.39 is 0 Å². The van der Waals surface area contributed by atoms with Crippen LogP contribution in [-0.4, -0.2) is 18.8 Å². The number of nitriles is 1. The summed E-state index contributed by atoms with van der Waals surface area (Å²) in [5.74, 6) is 0. The van der Waals surface area contributed by atoms with Crippen LogP contribution in [0.2, 0.25) is 0 Å². The van der Waals surface area contributed by atoms with E-state index >= 15 is 0 Å². The highest BCUT2D eigenvalue weighted by Crippen LogP contribution is 2.21. The number of benzene rings is 1. The number of rotatable bonds is 5. The third-order valence-corrected chi connectivity index (χ3v) is 3.00. The van der Waals surface area contributed by atoms with E-state index in [2.05, 4.69) is 27.3 Å². The Kier molecular flexibility index (Phi) is 4.98. The normalized spacial score (nSPS) is 11.0. The number of nitrogens with zero attached hydrogens (tertiary/aromatic N) is 1. The molecule has 0 aliphatic heterocycles. The molecule has 4 heteroatoms. The molecule has 0 aliphatic rings. The van der Waals surface area contributed by atoms with E-state index in [0.717, 1.165) is 16.7 Å². The minimum atomic E-state index is -0.199. The fourth-order valence-corrected chi connectivity index (χ4v) is 1.94. The van der Waals surface area contributed by atoms with Gasteiger partial charge in [0.1, 0.15) is 6.07 Å². The first-order valence-corrected chi connectivity index (χ1v) is 6.35. The zero-order chi connectivity index (χ0) is 12.9. The predicted molar refractivity (Wildman–Crippen MR) is 73.1 cm³/mol. The van der Waals surface area contributed by atoms with E-state index in [1.54, 1.807) is 6.07 Å². The first kappa shape index (κ1) is 14.0. The lowest BCUT2D eigenvalue weighted by atomic mass is 10.1. The number of halogens is 1. The van der Waals surface area contributed by atoms with Gasteiger partial charge in [-0.1, -0.05) is 0 Å². The summed E-state index contributed by atoms with van der Waals surface area (Å²) in [4.78, 5) is 0. The van der Waals surface area contributed by atoms with Crippen LogP contribution < -0.4 is 5.32 Å². The summed E-state index contributed by atoms with van der Waals surface area (Å²) < 4.78 is 6.40. The average molecular weight is 297 g/mol. The Morgan fingerprint density at radius 2 is 2.18 bits per heavy atom. The number of hydrogen-bond acceptors (Lipinski definition) is 3. The maximum atomic E-state index is 8.82. The molecule has 1 aromatic carbocycles. The van der Waals surface area contributed by atoms with Crippen molar-refractivity contribution in [2.45, 2.75) is 26.4 Å². The van der Waals surface area contributed by atoms with Crippen molar-refractivity contribution in [1.29, 1.82) is 5.26 Å². The lowest BCUT2D eigenvalue weighted by Gasteiger charge is -2.25. The van der Waals surface area contributed by atoms with Gasteiger partial charge in [-0.25, -0.2) is 0 Å². The van der Waals surface area contributed by atoms with Crippen molar-refractivity contribution in [3.8, 4) is 6.07 Å². The summed E-state index contributed by atoms with van der Waals surface area (Å²) in [5.41, 5.74) is 1.41. The Balaban J connectivity index is 2.65. The number of ether oxygens (including phenoxy) is 1. The van der Waals surface area contributed by atoms with Crippen molar-refractivity contribution in [3.63, 3.8) is 0 Å². The van der Waals surface area contributed by atoms with Gasteiger partial charge in [-0.2, -0.15) is 5.26 Å². The smallest absolute Gasteiger partial charge is 0.100 e. The van der Waals surface area contributed by atoms with Crippen LogP contribution in [0.5, 0.6) is 0 Å². The van der Waals surface area contributed by atoms with Crippen LogP contribution in [0.25, 0.3) is 0 Å². The molecule has 0 heterocycles. The van der Waals surface area contributed by atoms with E-state index in [1.807, 2.05) is 32.9 Å². The Morgan fingerprint density at radius 1 is 1.47 bits per heavy atom. The van der Waals surface area contributed by atoms with Gasteiger partial charge < -0.3 is 10.1 Å². The summed E-state index contributed by atoms with van der Waals surface area (Å²) in [5, 5.41) is 12.1. The van der Waals surface area contributed by atoms with Gasteiger partial charge in [0.05, 0.1) is 11.2 Å². The first-order valence-electron chi connectivity index (χ1n) is 5.56. The fraction of sp³-hybridized carbons (Fsp3) is 0.462. The molecule has 92 valence electrons. The molecule has 17 heavy (non-hydrogen) atoms. The van der Waals surface area contributed by atoms with Gasteiger partial charge in [0.2, 0.25) is 0 Å². The third kappa shape index (κ3) is 4.37. The zero-order valence-electron chi connectivity index (χ0n) is 10.4. The molecule has 0 aliphatic carbocycles. The SMILES string of the molecule is CCOC(C)(C)CNc1ccc(C#N)c(Br)c1. The lowest BCUT2D eigenvalue weighted by Crippen LogP contribution is -2.33. The topological polar surface area (TPSA) is 45.0 Å². The molecule has 1 rings (SSSR count). The second-order valence-corrected chi connectivity index (χ2v) is 5.21. The van der Waals surface area contributed by atoms with Crippen LogP contribution in [0, 0.1) is 11.3 Å². The van der Waals surface area contributed by atoms with Crippen molar-refractivity contribution in [2.24, 2.45) is 0 Å². The lowest BCUT2D eigenvalue weighted by molar-refractivity contribution is 0.000698. The Hall–Kier alpha value is -1.05.